The van der Waals surface area contributed by atoms with Crippen LogP contribution in [0.2, 0.25) is 0 Å². The molecule has 0 bridgehead atoms. The van der Waals surface area contributed by atoms with Crippen LogP contribution in [0.5, 0.6) is 0 Å². The Hall–Kier alpha value is -1.86. The molecule has 6 N–H and O–H groups in total. The van der Waals surface area contributed by atoms with Gasteiger partial charge in [-0.25, -0.2) is 0 Å². The number of carbonyl (C=O) groups excluding carboxylic acids is 2. The van der Waals surface area contributed by atoms with E-state index in [1.54, 1.807) is 6.08 Å². The summed E-state index contributed by atoms with van der Waals surface area (Å²) in [6.07, 6.45) is 54.4. The molecule has 0 radical (unpaired) electrons. The maximum atomic E-state index is 13.0. The van der Waals surface area contributed by atoms with Gasteiger partial charge >= 0.3 is 5.97 Å². The molecular weight excluding hydrogens is 931 g/mol. The van der Waals surface area contributed by atoms with Crippen LogP contribution in [-0.2, 0) is 23.8 Å². The van der Waals surface area contributed by atoms with Gasteiger partial charge in [0, 0.05) is 12.8 Å². The van der Waals surface area contributed by atoms with E-state index in [4.69, 9.17) is 14.2 Å². The molecule has 1 fully saturated rings. The highest BCUT2D eigenvalue weighted by atomic mass is 16.7. The molecule has 11 nitrogen and oxygen atoms in total. The minimum absolute atomic E-state index is 0.00577. The van der Waals surface area contributed by atoms with Crippen LogP contribution in [0.1, 0.15) is 303 Å². The fourth-order valence-corrected chi connectivity index (χ4v) is 10.0. The number of amides is 1. The standard InChI is InChI=1S/C63H119NO10/c1-3-5-7-9-11-13-14-15-28-31-35-39-43-47-51-59(68)72-52-48-44-40-36-32-29-26-24-22-20-18-16-17-19-21-23-25-27-30-34-38-42-46-50-58(67)64-55(56(66)49-45-41-37-33-12-10-8-6-4-2)54-73-63-62(71)61(70)60(69)57(53-65)74-63/h14-15,45,49,55-57,60-63,65-66,69-71H,3-13,16-44,46-48,50-54H2,1-2H3,(H,64,67)/b15-14-,49-45+. The van der Waals surface area contributed by atoms with Gasteiger partial charge in [0.25, 0.3) is 0 Å². The first-order valence-electron chi connectivity index (χ1n) is 31.6. The van der Waals surface area contributed by atoms with E-state index in [9.17, 15) is 35.1 Å². The molecule has 0 aromatic heterocycles. The van der Waals surface area contributed by atoms with Crippen molar-refractivity contribution in [3.8, 4) is 0 Å². The van der Waals surface area contributed by atoms with E-state index in [0.29, 0.717) is 19.4 Å². The minimum atomic E-state index is -1.57. The third-order valence-corrected chi connectivity index (χ3v) is 15.1. The molecule has 0 spiro atoms. The van der Waals surface area contributed by atoms with Crippen LogP contribution in [0.4, 0.5) is 0 Å². The second-order valence-electron chi connectivity index (χ2n) is 22.1. The number of rotatable bonds is 55. The number of ether oxygens (including phenoxy) is 3. The van der Waals surface area contributed by atoms with Gasteiger partial charge < -0.3 is 45.1 Å². The number of esters is 1. The highest BCUT2D eigenvalue weighted by Crippen LogP contribution is 2.23. The summed E-state index contributed by atoms with van der Waals surface area (Å²) in [4.78, 5) is 25.1. The Labute approximate surface area is 454 Å². The number of allylic oxidation sites excluding steroid dienone is 3. The number of nitrogens with one attached hydrogen (secondary N) is 1. The van der Waals surface area contributed by atoms with Crippen molar-refractivity contribution in [2.24, 2.45) is 0 Å². The lowest BCUT2D eigenvalue weighted by Gasteiger charge is -2.40. The zero-order valence-corrected chi connectivity index (χ0v) is 48.1. The van der Waals surface area contributed by atoms with Crippen molar-refractivity contribution in [1.82, 2.24) is 5.32 Å². The molecule has 0 aromatic rings. The Morgan fingerprint density at radius 1 is 0.486 bits per heavy atom. The molecule has 7 atom stereocenters. The zero-order valence-electron chi connectivity index (χ0n) is 48.1. The first kappa shape index (κ1) is 70.2. The maximum Gasteiger partial charge on any atom is 0.305 e. The Bertz CT molecular complexity index is 1280. The Kier molecular flexibility index (Phi) is 50.4. The van der Waals surface area contributed by atoms with Gasteiger partial charge in [-0.05, 0) is 57.8 Å². The molecule has 0 aliphatic carbocycles. The van der Waals surface area contributed by atoms with Crippen molar-refractivity contribution in [3.05, 3.63) is 24.3 Å². The first-order chi connectivity index (χ1) is 36.2. The normalized spacial score (nSPS) is 18.9. The largest absolute Gasteiger partial charge is 0.466 e. The van der Waals surface area contributed by atoms with Crippen LogP contribution >= 0.6 is 0 Å². The summed E-state index contributed by atoms with van der Waals surface area (Å²) in [7, 11) is 0. The summed E-state index contributed by atoms with van der Waals surface area (Å²) < 4.78 is 16.7. The Morgan fingerprint density at radius 3 is 1.30 bits per heavy atom. The third-order valence-electron chi connectivity index (χ3n) is 15.1. The van der Waals surface area contributed by atoms with Gasteiger partial charge in [-0.2, -0.15) is 0 Å². The molecule has 1 saturated heterocycles. The van der Waals surface area contributed by atoms with Crippen molar-refractivity contribution in [1.29, 1.82) is 0 Å². The molecule has 1 aliphatic heterocycles. The van der Waals surface area contributed by atoms with E-state index in [1.165, 1.54) is 218 Å². The summed E-state index contributed by atoms with van der Waals surface area (Å²) in [6.45, 7) is 4.32. The minimum Gasteiger partial charge on any atom is -0.466 e. The summed E-state index contributed by atoms with van der Waals surface area (Å²) in [5.74, 6) is -0.188. The fraction of sp³-hybridized carbons (Fsp3) is 0.905. The van der Waals surface area contributed by atoms with Crippen LogP contribution in [0.3, 0.4) is 0 Å². The van der Waals surface area contributed by atoms with Crippen LogP contribution in [-0.4, -0.2) is 100 Å². The summed E-state index contributed by atoms with van der Waals surface area (Å²) in [6, 6.07) is -0.808. The molecule has 1 amide bonds. The molecule has 74 heavy (non-hydrogen) atoms. The molecule has 1 heterocycles. The Balaban J connectivity index is 1.97. The smallest absolute Gasteiger partial charge is 0.305 e. The first-order valence-corrected chi connectivity index (χ1v) is 31.6. The highest BCUT2D eigenvalue weighted by molar-refractivity contribution is 5.76. The molecule has 1 aliphatic rings. The molecule has 0 saturated carbocycles. The van der Waals surface area contributed by atoms with Gasteiger partial charge in [-0.15, -0.1) is 0 Å². The topological polar surface area (TPSA) is 175 Å². The Morgan fingerprint density at radius 2 is 0.865 bits per heavy atom. The lowest BCUT2D eigenvalue weighted by molar-refractivity contribution is -0.302. The van der Waals surface area contributed by atoms with Crippen LogP contribution in [0.25, 0.3) is 0 Å². The second-order valence-corrected chi connectivity index (χ2v) is 22.1. The third kappa shape index (κ3) is 42.2. The van der Waals surface area contributed by atoms with Gasteiger partial charge in [-0.3, -0.25) is 9.59 Å². The molecule has 7 unspecified atom stereocenters. The van der Waals surface area contributed by atoms with Crippen LogP contribution < -0.4 is 5.32 Å². The maximum absolute atomic E-state index is 13.0. The SMILES string of the molecule is CCCCCCC/C=C\CCCCCCCC(=O)OCCCCCCCCCCCCCCCCCCCCCCCCCC(=O)NC(COC1OC(CO)C(O)C(O)C1O)C(O)/C=C/CCCCCCCCC. The predicted octanol–water partition coefficient (Wildman–Crippen LogP) is 14.9. The van der Waals surface area contributed by atoms with Crippen LogP contribution in [0, 0.1) is 0 Å². The summed E-state index contributed by atoms with van der Waals surface area (Å²) >= 11 is 0. The van der Waals surface area contributed by atoms with Crippen molar-refractivity contribution in [2.75, 3.05) is 19.8 Å². The zero-order chi connectivity index (χ0) is 53.8. The average molecular weight is 1050 g/mol. The van der Waals surface area contributed by atoms with Gasteiger partial charge in [0.2, 0.25) is 5.91 Å². The summed E-state index contributed by atoms with van der Waals surface area (Å²) in [5, 5.41) is 54.2. The van der Waals surface area contributed by atoms with E-state index >= 15 is 0 Å². The highest BCUT2D eigenvalue weighted by Gasteiger charge is 2.44. The number of carbonyl (C=O) groups is 2. The van der Waals surface area contributed by atoms with Crippen molar-refractivity contribution in [2.45, 2.75) is 346 Å². The fourth-order valence-electron chi connectivity index (χ4n) is 10.0. The van der Waals surface area contributed by atoms with Gasteiger partial charge in [0.1, 0.15) is 24.4 Å². The number of aliphatic hydroxyl groups is 5. The van der Waals surface area contributed by atoms with Gasteiger partial charge in [0.15, 0.2) is 6.29 Å². The lowest BCUT2D eigenvalue weighted by Crippen LogP contribution is -2.60. The monoisotopic (exact) mass is 1050 g/mol. The number of aliphatic hydroxyl groups excluding tert-OH is 5. The molecule has 0 aromatic carbocycles. The molecule has 436 valence electrons. The van der Waals surface area contributed by atoms with Gasteiger partial charge in [0.05, 0.1) is 32.0 Å². The summed E-state index contributed by atoms with van der Waals surface area (Å²) in [5.41, 5.74) is 0. The van der Waals surface area contributed by atoms with Crippen molar-refractivity contribution < 1.29 is 49.3 Å². The lowest BCUT2D eigenvalue weighted by atomic mass is 9.99. The quantitative estimate of drug-likeness (QED) is 0.0195. The van der Waals surface area contributed by atoms with Crippen LogP contribution in [0.15, 0.2) is 24.3 Å². The van der Waals surface area contributed by atoms with E-state index in [2.05, 4.69) is 31.3 Å². The van der Waals surface area contributed by atoms with Crippen molar-refractivity contribution in [3.63, 3.8) is 0 Å². The van der Waals surface area contributed by atoms with Crippen molar-refractivity contribution >= 4 is 11.9 Å². The van der Waals surface area contributed by atoms with E-state index in [-0.39, 0.29) is 18.5 Å². The predicted molar refractivity (Wildman–Crippen MR) is 306 cm³/mol. The van der Waals surface area contributed by atoms with Gasteiger partial charge in [-0.1, -0.05) is 256 Å². The number of hydrogen-bond acceptors (Lipinski definition) is 10. The van der Waals surface area contributed by atoms with E-state index in [1.807, 2.05) is 6.08 Å². The number of unbranched alkanes of at least 4 members (excludes halogenated alkanes) is 39. The molecular formula is C63H119NO10. The van der Waals surface area contributed by atoms with E-state index in [0.717, 1.165) is 57.8 Å². The second kappa shape index (κ2) is 53.2. The van der Waals surface area contributed by atoms with E-state index < -0.39 is 49.5 Å². The molecule has 1 rings (SSSR count). The average Bonchev–Trinajstić information content (AvgIpc) is 3.40. The molecule has 11 heteroatoms. The number of hydrogen-bond donors (Lipinski definition) is 6.